The highest BCUT2D eigenvalue weighted by molar-refractivity contribution is 7.09. The molecule has 0 atom stereocenters. The summed E-state index contributed by atoms with van der Waals surface area (Å²) in [5.41, 5.74) is 2.10. The van der Waals surface area contributed by atoms with Gasteiger partial charge in [0.2, 0.25) is 0 Å². The molecule has 0 spiro atoms. The van der Waals surface area contributed by atoms with Gasteiger partial charge >= 0.3 is 0 Å². The highest BCUT2D eigenvalue weighted by Gasteiger charge is 1.99. The Morgan fingerprint density at radius 2 is 2.50 bits per heavy atom. The molecule has 0 amide bonds. The number of hydrogen-bond acceptors (Lipinski definition) is 2. The first kappa shape index (κ1) is 6.19. The largest absolute Gasteiger partial charge is 0.340 e. The van der Waals surface area contributed by atoms with Crippen molar-refractivity contribution in [2.45, 2.75) is 5.88 Å². The van der Waals surface area contributed by atoms with E-state index in [1.165, 1.54) is 0 Å². The monoisotopic (exact) mass is 172 g/mol. The quantitative estimate of drug-likeness (QED) is 0.658. The number of aromatic amines is 1. The van der Waals surface area contributed by atoms with Crippen LogP contribution in [0.2, 0.25) is 0 Å². The van der Waals surface area contributed by atoms with E-state index in [2.05, 4.69) is 9.97 Å². The van der Waals surface area contributed by atoms with Crippen LogP contribution in [-0.2, 0) is 5.88 Å². The fraction of sp³-hybridized carbons (Fsp3) is 0.167. The number of rotatable bonds is 1. The second-order valence-corrected chi connectivity index (χ2v) is 3.00. The smallest absolute Gasteiger partial charge is 0.122 e. The Labute approximate surface area is 66.9 Å². The van der Waals surface area contributed by atoms with Gasteiger partial charge in [0, 0.05) is 10.8 Å². The Bertz CT molecular complexity index is 309. The first-order valence-corrected chi connectivity index (χ1v) is 4.34. The molecule has 0 radical (unpaired) electrons. The lowest BCUT2D eigenvalue weighted by molar-refractivity contribution is 1.13. The summed E-state index contributed by atoms with van der Waals surface area (Å²) in [7, 11) is 0. The van der Waals surface area contributed by atoms with Crippen LogP contribution in [-0.4, -0.2) is 9.97 Å². The Kier molecular flexibility index (Phi) is 1.39. The van der Waals surface area contributed by atoms with Crippen molar-refractivity contribution in [3.63, 3.8) is 0 Å². The SMILES string of the molecule is ClCc1nc2cscc2[nH]1. The summed E-state index contributed by atoms with van der Waals surface area (Å²) < 4.78 is 0. The topological polar surface area (TPSA) is 28.7 Å². The molecule has 0 saturated heterocycles. The van der Waals surface area contributed by atoms with E-state index in [-0.39, 0.29) is 0 Å². The highest BCUT2D eigenvalue weighted by Crippen LogP contribution is 2.16. The lowest BCUT2D eigenvalue weighted by atomic mass is 10.5. The molecule has 2 heterocycles. The Morgan fingerprint density at radius 3 is 3.20 bits per heavy atom. The van der Waals surface area contributed by atoms with E-state index >= 15 is 0 Å². The van der Waals surface area contributed by atoms with Gasteiger partial charge in [-0.25, -0.2) is 4.98 Å². The van der Waals surface area contributed by atoms with Gasteiger partial charge in [-0.2, -0.15) is 0 Å². The van der Waals surface area contributed by atoms with Gasteiger partial charge in [-0.15, -0.1) is 22.9 Å². The number of aromatic nitrogens is 2. The van der Waals surface area contributed by atoms with E-state index in [9.17, 15) is 0 Å². The lowest BCUT2D eigenvalue weighted by Gasteiger charge is -1.79. The molecule has 4 heteroatoms. The molecule has 0 aliphatic heterocycles. The minimum Gasteiger partial charge on any atom is -0.340 e. The van der Waals surface area contributed by atoms with Crippen LogP contribution in [0, 0.1) is 0 Å². The summed E-state index contributed by atoms with van der Waals surface area (Å²) >= 11 is 7.21. The number of alkyl halides is 1. The Hall–Kier alpha value is -0.540. The molecular formula is C6H5ClN2S. The molecule has 2 rings (SSSR count). The van der Waals surface area contributed by atoms with E-state index in [1.807, 2.05) is 10.8 Å². The van der Waals surface area contributed by atoms with Gasteiger partial charge in [-0.1, -0.05) is 0 Å². The zero-order chi connectivity index (χ0) is 6.97. The number of nitrogens with zero attached hydrogens (tertiary/aromatic N) is 1. The second-order valence-electron chi connectivity index (χ2n) is 1.99. The molecule has 0 fully saturated rings. The fourth-order valence-electron chi connectivity index (χ4n) is 0.863. The fourth-order valence-corrected chi connectivity index (χ4v) is 1.68. The maximum Gasteiger partial charge on any atom is 0.122 e. The molecule has 0 aliphatic rings. The molecule has 0 bridgehead atoms. The zero-order valence-electron chi connectivity index (χ0n) is 5.10. The number of nitrogens with one attached hydrogen (secondary N) is 1. The third kappa shape index (κ3) is 0.822. The molecule has 2 nitrogen and oxygen atoms in total. The molecule has 0 aromatic carbocycles. The predicted molar refractivity (Wildman–Crippen MR) is 43.5 cm³/mol. The Balaban J connectivity index is 2.67. The molecule has 0 saturated carbocycles. The van der Waals surface area contributed by atoms with Crippen LogP contribution in [0.25, 0.3) is 11.0 Å². The highest BCUT2D eigenvalue weighted by atomic mass is 35.5. The molecule has 0 unspecified atom stereocenters. The number of imidazole rings is 1. The zero-order valence-corrected chi connectivity index (χ0v) is 6.67. The average molecular weight is 173 g/mol. The average Bonchev–Trinajstić information content (AvgIpc) is 2.42. The summed E-state index contributed by atoms with van der Waals surface area (Å²) in [4.78, 5) is 7.31. The summed E-state index contributed by atoms with van der Waals surface area (Å²) in [5, 5.41) is 4.03. The van der Waals surface area contributed by atoms with Gasteiger partial charge in [-0.3, -0.25) is 0 Å². The first-order valence-electron chi connectivity index (χ1n) is 2.87. The van der Waals surface area contributed by atoms with Crippen molar-refractivity contribution in [2.75, 3.05) is 0 Å². The van der Waals surface area contributed by atoms with Gasteiger partial charge in [0.15, 0.2) is 0 Å². The molecule has 0 aliphatic carbocycles. The van der Waals surface area contributed by atoms with Crippen molar-refractivity contribution in [3.8, 4) is 0 Å². The van der Waals surface area contributed by atoms with Crippen LogP contribution in [0.15, 0.2) is 10.8 Å². The number of hydrogen-bond donors (Lipinski definition) is 1. The van der Waals surface area contributed by atoms with Crippen LogP contribution in [0.3, 0.4) is 0 Å². The first-order chi connectivity index (χ1) is 4.90. The van der Waals surface area contributed by atoms with Gasteiger partial charge in [0.1, 0.15) is 5.82 Å². The normalized spacial score (nSPS) is 10.9. The van der Waals surface area contributed by atoms with Crippen molar-refractivity contribution < 1.29 is 0 Å². The molecule has 10 heavy (non-hydrogen) atoms. The maximum absolute atomic E-state index is 5.56. The minimum atomic E-state index is 0.458. The summed E-state index contributed by atoms with van der Waals surface area (Å²) in [6.45, 7) is 0. The van der Waals surface area contributed by atoms with Crippen LogP contribution < -0.4 is 0 Å². The van der Waals surface area contributed by atoms with Gasteiger partial charge in [0.05, 0.1) is 16.9 Å². The van der Waals surface area contributed by atoms with Crippen LogP contribution in [0.5, 0.6) is 0 Å². The number of thiophene rings is 1. The van der Waals surface area contributed by atoms with Crippen molar-refractivity contribution in [2.24, 2.45) is 0 Å². The van der Waals surface area contributed by atoms with Crippen LogP contribution >= 0.6 is 22.9 Å². The number of fused-ring (bicyclic) bond motifs is 1. The number of halogens is 1. The van der Waals surface area contributed by atoms with E-state index < -0.39 is 0 Å². The molecule has 52 valence electrons. The molecular weight excluding hydrogens is 168 g/mol. The van der Waals surface area contributed by atoms with Gasteiger partial charge < -0.3 is 4.98 Å². The lowest BCUT2D eigenvalue weighted by Crippen LogP contribution is -1.77. The molecule has 1 N–H and O–H groups in total. The van der Waals surface area contributed by atoms with Crippen LogP contribution in [0.1, 0.15) is 5.82 Å². The Morgan fingerprint density at radius 1 is 1.60 bits per heavy atom. The van der Waals surface area contributed by atoms with Crippen molar-refractivity contribution in [1.29, 1.82) is 0 Å². The minimum absolute atomic E-state index is 0.458. The van der Waals surface area contributed by atoms with E-state index in [1.54, 1.807) is 11.3 Å². The summed E-state index contributed by atoms with van der Waals surface area (Å²) in [6.07, 6.45) is 0. The van der Waals surface area contributed by atoms with Crippen LogP contribution in [0.4, 0.5) is 0 Å². The third-order valence-electron chi connectivity index (χ3n) is 1.30. The standard InChI is InChI=1S/C6H5ClN2S/c7-1-6-8-4-2-10-3-5(4)9-6/h2-3H,1H2,(H,8,9). The maximum atomic E-state index is 5.56. The predicted octanol–water partition coefficient (Wildman–Crippen LogP) is 2.36. The summed E-state index contributed by atoms with van der Waals surface area (Å²) in [5.74, 6) is 1.30. The van der Waals surface area contributed by atoms with E-state index in [0.717, 1.165) is 16.9 Å². The molecule has 2 aromatic rings. The number of H-pyrrole nitrogens is 1. The van der Waals surface area contributed by atoms with E-state index in [4.69, 9.17) is 11.6 Å². The molecule has 2 aromatic heterocycles. The van der Waals surface area contributed by atoms with Crippen molar-refractivity contribution >= 4 is 34.0 Å². The van der Waals surface area contributed by atoms with Crippen molar-refractivity contribution in [3.05, 3.63) is 16.6 Å². The summed E-state index contributed by atoms with van der Waals surface area (Å²) in [6, 6.07) is 0. The third-order valence-corrected chi connectivity index (χ3v) is 2.29. The second kappa shape index (κ2) is 2.25. The van der Waals surface area contributed by atoms with Gasteiger partial charge in [-0.05, 0) is 0 Å². The van der Waals surface area contributed by atoms with Gasteiger partial charge in [0.25, 0.3) is 0 Å². The van der Waals surface area contributed by atoms with E-state index in [0.29, 0.717) is 5.88 Å². The van der Waals surface area contributed by atoms with Crippen molar-refractivity contribution in [1.82, 2.24) is 9.97 Å².